The summed E-state index contributed by atoms with van der Waals surface area (Å²) in [5.74, 6) is 2.12. The lowest BCUT2D eigenvalue weighted by Crippen LogP contribution is -1.99. The van der Waals surface area contributed by atoms with Gasteiger partial charge >= 0.3 is 0 Å². The first kappa shape index (κ1) is 11.3. The van der Waals surface area contributed by atoms with Crippen LogP contribution in [0.25, 0.3) is 0 Å². The third-order valence-electron chi connectivity index (χ3n) is 2.80. The molecule has 16 heavy (non-hydrogen) atoms. The molecule has 2 rings (SSSR count). The predicted molar refractivity (Wildman–Crippen MR) is 61.6 cm³/mol. The summed E-state index contributed by atoms with van der Waals surface area (Å²) in [5.41, 5.74) is 0.907. The molecule has 0 radical (unpaired) electrons. The Morgan fingerprint density at radius 3 is 2.69 bits per heavy atom. The standard InChI is InChI=1S/C13H18O3/c1-9(2)3-5-11(14)10-4-6-12-13(7-10)16-8-15-12/h4,6-7,9,11,14H,3,5,8H2,1-2H3. The Bertz CT molecular complexity index is 360. The average Bonchev–Trinajstić information content (AvgIpc) is 2.72. The summed E-state index contributed by atoms with van der Waals surface area (Å²) in [5, 5.41) is 10.0. The summed E-state index contributed by atoms with van der Waals surface area (Å²) >= 11 is 0. The highest BCUT2D eigenvalue weighted by Crippen LogP contribution is 2.35. The minimum Gasteiger partial charge on any atom is -0.454 e. The summed E-state index contributed by atoms with van der Waals surface area (Å²) in [4.78, 5) is 0. The molecule has 1 heterocycles. The molecule has 0 bridgehead atoms. The molecule has 1 unspecified atom stereocenters. The van der Waals surface area contributed by atoms with Crippen LogP contribution in [0.5, 0.6) is 11.5 Å². The van der Waals surface area contributed by atoms with Crippen LogP contribution in [0.1, 0.15) is 38.4 Å². The molecule has 0 aliphatic carbocycles. The van der Waals surface area contributed by atoms with Gasteiger partial charge in [-0.05, 0) is 36.5 Å². The lowest BCUT2D eigenvalue weighted by molar-refractivity contribution is 0.158. The number of ether oxygens (including phenoxy) is 2. The zero-order valence-electron chi connectivity index (χ0n) is 9.77. The molecule has 0 saturated carbocycles. The number of aliphatic hydroxyl groups excluding tert-OH is 1. The minimum absolute atomic E-state index is 0.279. The molecule has 1 N–H and O–H groups in total. The van der Waals surface area contributed by atoms with Crippen LogP contribution in [0.15, 0.2) is 18.2 Å². The van der Waals surface area contributed by atoms with Crippen molar-refractivity contribution in [2.24, 2.45) is 5.92 Å². The molecule has 1 aliphatic heterocycles. The van der Waals surface area contributed by atoms with Crippen molar-refractivity contribution in [1.82, 2.24) is 0 Å². The summed E-state index contributed by atoms with van der Waals surface area (Å²) < 4.78 is 10.5. The number of rotatable bonds is 4. The van der Waals surface area contributed by atoms with Crippen LogP contribution < -0.4 is 9.47 Å². The SMILES string of the molecule is CC(C)CCC(O)c1ccc2c(c1)OCO2. The average molecular weight is 222 g/mol. The van der Waals surface area contributed by atoms with Gasteiger partial charge in [-0.1, -0.05) is 19.9 Å². The molecule has 88 valence electrons. The van der Waals surface area contributed by atoms with Gasteiger partial charge in [0.15, 0.2) is 11.5 Å². The van der Waals surface area contributed by atoms with Crippen molar-refractivity contribution in [1.29, 1.82) is 0 Å². The van der Waals surface area contributed by atoms with Crippen LogP contribution in [-0.4, -0.2) is 11.9 Å². The van der Waals surface area contributed by atoms with Crippen LogP contribution in [0, 0.1) is 5.92 Å². The third-order valence-corrected chi connectivity index (χ3v) is 2.80. The van der Waals surface area contributed by atoms with Crippen LogP contribution >= 0.6 is 0 Å². The van der Waals surface area contributed by atoms with E-state index < -0.39 is 6.10 Å². The van der Waals surface area contributed by atoms with Crippen LogP contribution in [0.2, 0.25) is 0 Å². The Hall–Kier alpha value is -1.22. The maximum atomic E-state index is 10.0. The number of benzene rings is 1. The normalized spacial score (nSPS) is 15.5. The Kier molecular flexibility index (Phi) is 3.34. The maximum Gasteiger partial charge on any atom is 0.231 e. The lowest BCUT2D eigenvalue weighted by Gasteiger charge is -2.12. The lowest BCUT2D eigenvalue weighted by atomic mass is 10.00. The molecule has 1 atom stereocenters. The minimum atomic E-state index is -0.406. The van der Waals surface area contributed by atoms with Gasteiger partial charge in [0.1, 0.15) is 0 Å². The highest BCUT2D eigenvalue weighted by atomic mass is 16.7. The van der Waals surface area contributed by atoms with Gasteiger partial charge in [0.05, 0.1) is 6.10 Å². The zero-order valence-corrected chi connectivity index (χ0v) is 9.77. The van der Waals surface area contributed by atoms with Crippen LogP contribution in [-0.2, 0) is 0 Å². The van der Waals surface area contributed by atoms with Crippen molar-refractivity contribution in [3.63, 3.8) is 0 Å². The summed E-state index contributed by atoms with van der Waals surface area (Å²) in [7, 11) is 0. The van der Waals surface area contributed by atoms with Gasteiger partial charge in [0.2, 0.25) is 6.79 Å². The molecule has 1 aliphatic rings. The Labute approximate surface area is 96.0 Å². The Balaban J connectivity index is 2.03. The molecule has 0 aromatic heterocycles. The number of hydrogen-bond acceptors (Lipinski definition) is 3. The molecule has 0 amide bonds. The fourth-order valence-electron chi connectivity index (χ4n) is 1.78. The first-order valence-corrected chi connectivity index (χ1v) is 5.74. The van der Waals surface area contributed by atoms with Gasteiger partial charge in [-0.3, -0.25) is 0 Å². The second-order valence-corrected chi connectivity index (χ2v) is 4.60. The van der Waals surface area contributed by atoms with Gasteiger partial charge in [-0.15, -0.1) is 0 Å². The van der Waals surface area contributed by atoms with Crippen molar-refractivity contribution in [2.45, 2.75) is 32.8 Å². The summed E-state index contributed by atoms with van der Waals surface area (Å²) in [6.07, 6.45) is 1.41. The Morgan fingerprint density at radius 1 is 1.19 bits per heavy atom. The van der Waals surface area contributed by atoms with Crippen molar-refractivity contribution < 1.29 is 14.6 Å². The van der Waals surface area contributed by atoms with Gasteiger partial charge in [0, 0.05) is 0 Å². The van der Waals surface area contributed by atoms with Crippen molar-refractivity contribution in [3.05, 3.63) is 23.8 Å². The molecular formula is C13H18O3. The van der Waals surface area contributed by atoms with Crippen LogP contribution in [0.3, 0.4) is 0 Å². The smallest absolute Gasteiger partial charge is 0.231 e. The highest BCUT2D eigenvalue weighted by molar-refractivity contribution is 5.45. The van der Waals surface area contributed by atoms with Crippen molar-refractivity contribution in [3.8, 4) is 11.5 Å². The molecule has 1 aromatic carbocycles. The quantitative estimate of drug-likeness (QED) is 0.851. The van der Waals surface area contributed by atoms with E-state index in [2.05, 4.69) is 13.8 Å². The second-order valence-electron chi connectivity index (χ2n) is 4.60. The molecule has 1 aromatic rings. The first-order chi connectivity index (χ1) is 7.66. The van der Waals surface area contributed by atoms with E-state index in [1.807, 2.05) is 18.2 Å². The predicted octanol–water partition coefficient (Wildman–Crippen LogP) is 2.88. The van der Waals surface area contributed by atoms with E-state index >= 15 is 0 Å². The molecule has 0 fully saturated rings. The molecular weight excluding hydrogens is 204 g/mol. The molecule has 0 saturated heterocycles. The van der Waals surface area contributed by atoms with E-state index in [0.29, 0.717) is 5.92 Å². The van der Waals surface area contributed by atoms with Gasteiger partial charge < -0.3 is 14.6 Å². The fourth-order valence-corrected chi connectivity index (χ4v) is 1.78. The molecule has 3 heteroatoms. The van der Waals surface area contributed by atoms with Gasteiger partial charge in [-0.2, -0.15) is 0 Å². The zero-order chi connectivity index (χ0) is 11.5. The van der Waals surface area contributed by atoms with E-state index in [4.69, 9.17) is 9.47 Å². The van der Waals surface area contributed by atoms with Crippen molar-refractivity contribution >= 4 is 0 Å². The summed E-state index contributed by atoms with van der Waals surface area (Å²) in [6, 6.07) is 5.63. The van der Waals surface area contributed by atoms with Gasteiger partial charge in [0.25, 0.3) is 0 Å². The van der Waals surface area contributed by atoms with E-state index in [1.54, 1.807) is 0 Å². The second kappa shape index (κ2) is 4.74. The van der Waals surface area contributed by atoms with E-state index in [9.17, 15) is 5.11 Å². The monoisotopic (exact) mass is 222 g/mol. The van der Waals surface area contributed by atoms with Crippen LogP contribution in [0.4, 0.5) is 0 Å². The molecule has 3 nitrogen and oxygen atoms in total. The largest absolute Gasteiger partial charge is 0.454 e. The molecule has 0 spiro atoms. The number of fused-ring (bicyclic) bond motifs is 1. The summed E-state index contributed by atoms with van der Waals surface area (Å²) in [6.45, 7) is 4.60. The highest BCUT2D eigenvalue weighted by Gasteiger charge is 2.16. The number of hydrogen-bond donors (Lipinski definition) is 1. The van der Waals surface area contributed by atoms with E-state index in [-0.39, 0.29) is 6.79 Å². The first-order valence-electron chi connectivity index (χ1n) is 5.74. The Morgan fingerprint density at radius 2 is 1.94 bits per heavy atom. The maximum absolute atomic E-state index is 10.0. The van der Waals surface area contributed by atoms with Gasteiger partial charge in [-0.25, -0.2) is 0 Å². The fraction of sp³-hybridized carbons (Fsp3) is 0.538. The van der Waals surface area contributed by atoms with E-state index in [1.165, 1.54) is 0 Å². The number of aliphatic hydroxyl groups is 1. The third kappa shape index (κ3) is 2.47. The van der Waals surface area contributed by atoms with Crippen molar-refractivity contribution in [2.75, 3.05) is 6.79 Å². The van der Waals surface area contributed by atoms with E-state index in [0.717, 1.165) is 29.9 Å². The topological polar surface area (TPSA) is 38.7 Å².